The van der Waals surface area contributed by atoms with Gasteiger partial charge in [0, 0.05) is 39.0 Å². The molecular formula is C19H34IN5O. The summed E-state index contributed by atoms with van der Waals surface area (Å²) in [5, 5.41) is 6.53. The normalized spacial score (nSPS) is 15.5. The maximum atomic E-state index is 5.34. The monoisotopic (exact) mass is 475 g/mol. The molecule has 148 valence electrons. The minimum Gasteiger partial charge on any atom is -0.380 e. The van der Waals surface area contributed by atoms with Gasteiger partial charge in [-0.25, -0.2) is 9.98 Å². The van der Waals surface area contributed by atoms with Crippen LogP contribution in [0.2, 0.25) is 0 Å². The van der Waals surface area contributed by atoms with Crippen LogP contribution < -0.4 is 15.5 Å². The first-order valence-electron chi connectivity index (χ1n) is 9.52. The van der Waals surface area contributed by atoms with Crippen molar-refractivity contribution < 1.29 is 4.74 Å². The topological polar surface area (TPSA) is 61.8 Å². The number of anilines is 1. The molecule has 1 aromatic rings. The summed E-state index contributed by atoms with van der Waals surface area (Å²) in [5.41, 5.74) is 1.12. The number of piperidine rings is 1. The molecule has 1 aliphatic rings. The molecule has 2 N–H and O–H groups in total. The molecular weight excluding hydrogens is 441 g/mol. The van der Waals surface area contributed by atoms with Crippen LogP contribution in [0.25, 0.3) is 0 Å². The van der Waals surface area contributed by atoms with E-state index in [2.05, 4.69) is 51.5 Å². The van der Waals surface area contributed by atoms with Crippen molar-refractivity contribution in [3.63, 3.8) is 0 Å². The molecule has 1 aromatic heterocycles. The van der Waals surface area contributed by atoms with Crippen molar-refractivity contribution in [1.29, 1.82) is 0 Å². The number of halogens is 1. The lowest BCUT2D eigenvalue weighted by atomic mass is 9.99. The number of pyridine rings is 1. The van der Waals surface area contributed by atoms with Crippen molar-refractivity contribution in [1.82, 2.24) is 15.6 Å². The quantitative estimate of drug-likeness (QED) is 0.262. The summed E-state index contributed by atoms with van der Waals surface area (Å²) in [7, 11) is 0. The molecule has 0 unspecified atom stereocenters. The fourth-order valence-electron chi connectivity index (χ4n) is 2.83. The minimum atomic E-state index is 0. The zero-order valence-corrected chi connectivity index (χ0v) is 18.7. The number of nitrogens with one attached hydrogen (secondary N) is 2. The van der Waals surface area contributed by atoms with Gasteiger partial charge in [0.15, 0.2) is 5.96 Å². The summed E-state index contributed by atoms with van der Waals surface area (Å²) in [6, 6.07) is 4.25. The van der Waals surface area contributed by atoms with Gasteiger partial charge in [-0.3, -0.25) is 0 Å². The van der Waals surface area contributed by atoms with Crippen molar-refractivity contribution in [3.8, 4) is 0 Å². The summed E-state index contributed by atoms with van der Waals surface area (Å²) in [4.78, 5) is 11.6. The molecule has 6 nitrogen and oxygen atoms in total. The SMILES string of the molecule is CCNC(=NCc1ccc(N2CCC(C)CC2)nc1)NCCOCC.I. The average Bonchev–Trinajstić information content (AvgIpc) is 2.64. The van der Waals surface area contributed by atoms with Crippen LogP contribution in [0.4, 0.5) is 5.82 Å². The Labute approximate surface area is 175 Å². The van der Waals surface area contributed by atoms with Gasteiger partial charge in [-0.15, -0.1) is 24.0 Å². The van der Waals surface area contributed by atoms with E-state index in [-0.39, 0.29) is 24.0 Å². The number of ether oxygens (including phenoxy) is 1. The third-order valence-corrected chi connectivity index (χ3v) is 4.42. The third kappa shape index (κ3) is 8.07. The molecule has 0 atom stereocenters. The van der Waals surface area contributed by atoms with E-state index in [9.17, 15) is 0 Å². The second-order valence-corrected chi connectivity index (χ2v) is 6.51. The molecule has 1 aliphatic heterocycles. The van der Waals surface area contributed by atoms with Gasteiger partial charge < -0.3 is 20.3 Å². The lowest BCUT2D eigenvalue weighted by Gasteiger charge is -2.31. The molecule has 7 heteroatoms. The van der Waals surface area contributed by atoms with Crippen molar-refractivity contribution in [2.45, 2.75) is 40.2 Å². The number of aromatic nitrogens is 1. The molecule has 2 rings (SSSR count). The Morgan fingerprint density at radius 2 is 2.04 bits per heavy atom. The molecule has 2 heterocycles. The van der Waals surface area contributed by atoms with Crippen LogP contribution in [0.1, 0.15) is 39.2 Å². The lowest BCUT2D eigenvalue weighted by molar-refractivity contribution is 0.152. The van der Waals surface area contributed by atoms with E-state index in [1.54, 1.807) is 0 Å². The van der Waals surface area contributed by atoms with Gasteiger partial charge in [-0.2, -0.15) is 0 Å². The molecule has 0 aromatic carbocycles. The second-order valence-electron chi connectivity index (χ2n) is 6.51. The van der Waals surface area contributed by atoms with Crippen molar-refractivity contribution in [2.24, 2.45) is 10.9 Å². The number of hydrogen-bond acceptors (Lipinski definition) is 4. The molecule has 0 spiro atoms. The van der Waals surface area contributed by atoms with Crippen LogP contribution in [-0.2, 0) is 11.3 Å². The van der Waals surface area contributed by atoms with Crippen molar-refractivity contribution in [3.05, 3.63) is 23.9 Å². The van der Waals surface area contributed by atoms with Crippen LogP contribution in [0.3, 0.4) is 0 Å². The first kappa shape index (κ1) is 23.0. The van der Waals surface area contributed by atoms with E-state index in [0.29, 0.717) is 13.2 Å². The third-order valence-electron chi connectivity index (χ3n) is 4.42. The summed E-state index contributed by atoms with van der Waals surface area (Å²) < 4.78 is 5.34. The fourth-order valence-corrected chi connectivity index (χ4v) is 2.83. The van der Waals surface area contributed by atoms with Gasteiger partial charge >= 0.3 is 0 Å². The van der Waals surface area contributed by atoms with E-state index >= 15 is 0 Å². The summed E-state index contributed by atoms with van der Waals surface area (Å²) in [6.45, 7) is 12.3. The Bertz CT molecular complexity index is 515. The summed E-state index contributed by atoms with van der Waals surface area (Å²) in [5.74, 6) is 2.74. The van der Waals surface area contributed by atoms with Gasteiger partial charge in [-0.05, 0) is 44.2 Å². The van der Waals surface area contributed by atoms with Gasteiger partial charge in [0.05, 0.1) is 13.2 Å². The Hall–Kier alpha value is -1.09. The molecule has 26 heavy (non-hydrogen) atoms. The van der Waals surface area contributed by atoms with E-state index in [1.807, 2.05) is 13.1 Å². The van der Waals surface area contributed by atoms with Crippen LogP contribution in [0.15, 0.2) is 23.3 Å². The predicted octanol–water partition coefficient (Wildman–Crippen LogP) is 3.03. The number of nitrogens with zero attached hydrogens (tertiary/aromatic N) is 3. The first-order chi connectivity index (χ1) is 12.2. The van der Waals surface area contributed by atoms with Gasteiger partial charge in [0.1, 0.15) is 5.82 Å². The van der Waals surface area contributed by atoms with Crippen LogP contribution in [-0.4, -0.2) is 50.3 Å². The lowest BCUT2D eigenvalue weighted by Crippen LogP contribution is -2.39. The van der Waals surface area contributed by atoms with Crippen molar-refractivity contribution in [2.75, 3.05) is 44.3 Å². The predicted molar refractivity (Wildman–Crippen MR) is 120 cm³/mol. The molecule has 0 amide bonds. The van der Waals surface area contributed by atoms with Gasteiger partial charge in [0.2, 0.25) is 0 Å². The Balaban J connectivity index is 0.00000338. The zero-order valence-electron chi connectivity index (χ0n) is 16.3. The molecule has 1 saturated heterocycles. The largest absolute Gasteiger partial charge is 0.380 e. The molecule has 0 saturated carbocycles. The zero-order chi connectivity index (χ0) is 17.9. The van der Waals surface area contributed by atoms with E-state index in [4.69, 9.17) is 4.74 Å². The number of rotatable bonds is 8. The second kappa shape index (κ2) is 13.1. The average molecular weight is 475 g/mol. The molecule has 1 fully saturated rings. The smallest absolute Gasteiger partial charge is 0.191 e. The van der Waals surface area contributed by atoms with Crippen LogP contribution in [0, 0.1) is 5.92 Å². The highest BCUT2D eigenvalue weighted by molar-refractivity contribution is 14.0. The molecule has 0 bridgehead atoms. The first-order valence-corrected chi connectivity index (χ1v) is 9.52. The number of guanidine groups is 1. The van der Waals surface area contributed by atoms with Crippen molar-refractivity contribution >= 4 is 35.8 Å². The Kier molecular flexibility index (Phi) is 11.6. The molecule has 0 aliphatic carbocycles. The van der Waals surface area contributed by atoms with E-state index in [1.165, 1.54) is 12.8 Å². The number of aliphatic imine (C=N–C) groups is 1. The Morgan fingerprint density at radius 3 is 2.65 bits per heavy atom. The van der Waals surface area contributed by atoms with Crippen LogP contribution in [0.5, 0.6) is 0 Å². The summed E-state index contributed by atoms with van der Waals surface area (Å²) in [6.07, 6.45) is 4.46. The standard InChI is InChI=1S/C19H33N5O.HI/c1-4-20-19(21-10-13-25-5-2)23-15-17-6-7-18(22-14-17)24-11-8-16(3)9-12-24;/h6-7,14,16H,4-5,8-13,15H2,1-3H3,(H2,20,21,23);1H. The van der Waals surface area contributed by atoms with Gasteiger partial charge in [-0.1, -0.05) is 13.0 Å². The highest BCUT2D eigenvalue weighted by Crippen LogP contribution is 2.21. The highest BCUT2D eigenvalue weighted by atomic mass is 127. The van der Waals surface area contributed by atoms with Crippen LogP contribution >= 0.6 is 24.0 Å². The van der Waals surface area contributed by atoms with E-state index < -0.39 is 0 Å². The fraction of sp³-hybridized carbons (Fsp3) is 0.684. The Morgan fingerprint density at radius 1 is 1.27 bits per heavy atom. The van der Waals surface area contributed by atoms with Gasteiger partial charge in [0.25, 0.3) is 0 Å². The maximum absolute atomic E-state index is 5.34. The number of hydrogen-bond donors (Lipinski definition) is 2. The summed E-state index contributed by atoms with van der Waals surface area (Å²) >= 11 is 0. The molecule has 0 radical (unpaired) electrons. The maximum Gasteiger partial charge on any atom is 0.191 e. The minimum absolute atomic E-state index is 0. The van der Waals surface area contributed by atoms with E-state index in [0.717, 1.165) is 56.0 Å². The highest BCUT2D eigenvalue weighted by Gasteiger charge is 2.16.